The van der Waals surface area contributed by atoms with Crippen LogP contribution in [0.4, 0.5) is 5.69 Å². The highest BCUT2D eigenvalue weighted by Gasteiger charge is 2.36. The third kappa shape index (κ3) is 4.73. The van der Waals surface area contributed by atoms with Crippen molar-refractivity contribution in [1.82, 2.24) is 10.3 Å². The highest BCUT2D eigenvalue weighted by Crippen LogP contribution is 2.20. The fourth-order valence-corrected chi connectivity index (χ4v) is 2.11. The number of hydrogen-bond acceptors (Lipinski definition) is 4. The first-order valence-electron chi connectivity index (χ1n) is 7.90. The van der Waals surface area contributed by atoms with Crippen LogP contribution in [0.2, 0.25) is 0 Å². The van der Waals surface area contributed by atoms with Crippen LogP contribution >= 0.6 is 0 Å². The average Bonchev–Trinajstić information content (AvgIpc) is 2.60. The van der Waals surface area contributed by atoms with Gasteiger partial charge in [0.05, 0.1) is 0 Å². The molecule has 0 spiro atoms. The number of aromatic nitrogens is 1. The van der Waals surface area contributed by atoms with Gasteiger partial charge in [-0.05, 0) is 44.5 Å². The lowest BCUT2D eigenvalue weighted by molar-refractivity contribution is -0.138. The first kappa shape index (κ1) is 18.3. The monoisotopic (exact) mass is 339 g/mol. The predicted octanol–water partition coefficient (Wildman–Crippen LogP) is 2.57. The topological polar surface area (TPSA) is 88.2 Å². The van der Waals surface area contributed by atoms with E-state index in [4.69, 9.17) is 0 Å². The lowest BCUT2D eigenvalue weighted by Crippen LogP contribution is -2.44. The Bertz CT molecular complexity index is 786. The standard InChI is InChI=1S/C19H21N3O3/c1-13(23)15-7-4-8-16(10-15)22-18(25)19(2,3)17(24)21-12-14-6-5-9-20-11-14/h4-11H,12H2,1-3H3,(H,21,24)(H,22,25). The zero-order valence-corrected chi connectivity index (χ0v) is 14.5. The minimum absolute atomic E-state index is 0.0930. The first-order chi connectivity index (χ1) is 11.8. The van der Waals surface area contributed by atoms with E-state index >= 15 is 0 Å². The van der Waals surface area contributed by atoms with Crippen molar-refractivity contribution in [3.63, 3.8) is 0 Å². The highest BCUT2D eigenvalue weighted by molar-refractivity contribution is 6.10. The molecule has 2 rings (SSSR count). The molecule has 0 saturated carbocycles. The van der Waals surface area contributed by atoms with Crippen LogP contribution in [-0.4, -0.2) is 22.6 Å². The first-order valence-corrected chi connectivity index (χ1v) is 7.90. The van der Waals surface area contributed by atoms with Crippen molar-refractivity contribution < 1.29 is 14.4 Å². The van der Waals surface area contributed by atoms with Gasteiger partial charge in [-0.3, -0.25) is 19.4 Å². The summed E-state index contributed by atoms with van der Waals surface area (Å²) in [7, 11) is 0. The van der Waals surface area contributed by atoms with Gasteiger partial charge in [-0.15, -0.1) is 0 Å². The van der Waals surface area contributed by atoms with Crippen molar-refractivity contribution in [2.24, 2.45) is 5.41 Å². The molecule has 1 heterocycles. The van der Waals surface area contributed by atoms with Crippen molar-refractivity contribution in [2.45, 2.75) is 27.3 Å². The number of Topliss-reactive ketones (excluding diaryl/α,β-unsaturated/α-hetero) is 1. The fourth-order valence-electron chi connectivity index (χ4n) is 2.11. The van der Waals surface area contributed by atoms with Crippen molar-refractivity contribution >= 4 is 23.3 Å². The number of carbonyl (C=O) groups excluding carboxylic acids is 3. The molecule has 0 aliphatic carbocycles. The van der Waals surface area contributed by atoms with Gasteiger partial charge < -0.3 is 10.6 Å². The van der Waals surface area contributed by atoms with Gasteiger partial charge in [0.2, 0.25) is 11.8 Å². The molecule has 0 radical (unpaired) electrons. The number of amides is 2. The van der Waals surface area contributed by atoms with E-state index in [1.54, 1.807) is 56.6 Å². The summed E-state index contributed by atoms with van der Waals surface area (Å²) in [6.07, 6.45) is 3.30. The summed E-state index contributed by atoms with van der Waals surface area (Å²) in [4.78, 5) is 40.3. The Morgan fingerprint density at radius 2 is 1.84 bits per heavy atom. The van der Waals surface area contributed by atoms with Gasteiger partial charge >= 0.3 is 0 Å². The number of pyridine rings is 1. The molecular weight excluding hydrogens is 318 g/mol. The Balaban J connectivity index is 2.02. The van der Waals surface area contributed by atoms with Gasteiger partial charge in [0.25, 0.3) is 0 Å². The van der Waals surface area contributed by atoms with E-state index < -0.39 is 17.2 Å². The number of ketones is 1. The summed E-state index contributed by atoms with van der Waals surface area (Å²) in [5.41, 5.74) is 0.553. The molecule has 2 N–H and O–H groups in total. The molecule has 6 nitrogen and oxygen atoms in total. The number of rotatable bonds is 6. The van der Waals surface area contributed by atoms with Crippen molar-refractivity contribution in [3.05, 3.63) is 59.9 Å². The molecule has 2 aromatic rings. The number of benzene rings is 1. The van der Waals surface area contributed by atoms with Crippen LogP contribution in [-0.2, 0) is 16.1 Å². The minimum atomic E-state index is -1.27. The molecule has 1 aromatic carbocycles. The quantitative estimate of drug-likeness (QED) is 0.625. The van der Waals surface area contributed by atoms with Gasteiger partial charge in [-0.25, -0.2) is 0 Å². The molecule has 0 saturated heterocycles. The van der Waals surface area contributed by atoms with Crippen molar-refractivity contribution in [1.29, 1.82) is 0 Å². The minimum Gasteiger partial charge on any atom is -0.351 e. The summed E-state index contributed by atoms with van der Waals surface area (Å²) in [5, 5.41) is 5.43. The lowest BCUT2D eigenvalue weighted by Gasteiger charge is -2.23. The van der Waals surface area contributed by atoms with E-state index in [1.807, 2.05) is 6.07 Å². The Labute approximate surface area is 146 Å². The van der Waals surface area contributed by atoms with Gasteiger partial charge in [-0.2, -0.15) is 0 Å². The summed E-state index contributed by atoms with van der Waals surface area (Å²) in [6, 6.07) is 10.2. The van der Waals surface area contributed by atoms with Crippen molar-refractivity contribution in [2.75, 3.05) is 5.32 Å². The fraction of sp³-hybridized carbons (Fsp3) is 0.263. The molecule has 0 unspecified atom stereocenters. The van der Waals surface area contributed by atoms with E-state index in [1.165, 1.54) is 6.92 Å². The molecule has 25 heavy (non-hydrogen) atoms. The summed E-state index contributed by atoms with van der Waals surface area (Å²) < 4.78 is 0. The maximum absolute atomic E-state index is 12.5. The molecule has 0 atom stereocenters. The maximum atomic E-state index is 12.5. The van der Waals surface area contributed by atoms with Crippen LogP contribution in [0.1, 0.15) is 36.7 Å². The van der Waals surface area contributed by atoms with Crippen LogP contribution in [0, 0.1) is 5.41 Å². The second-order valence-electron chi connectivity index (χ2n) is 6.26. The number of hydrogen-bond donors (Lipinski definition) is 2. The molecule has 0 aliphatic rings. The third-order valence-corrected chi connectivity index (χ3v) is 3.84. The lowest BCUT2D eigenvalue weighted by atomic mass is 9.90. The van der Waals surface area contributed by atoms with Crippen LogP contribution in [0.15, 0.2) is 48.8 Å². The zero-order chi connectivity index (χ0) is 18.4. The largest absolute Gasteiger partial charge is 0.351 e. The van der Waals surface area contributed by atoms with Crippen molar-refractivity contribution in [3.8, 4) is 0 Å². The number of anilines is 1. The highest BCUT2D eigenvalue weighted by atomic mass is 16.2. The van der Waals surface area contributed by atoms with Crippen LogP contribution in [0.3, 0.4) is 0 Å². The molecule has 6 heteroatoms. The zero-order valence-electron chi connectivity index (χ0n) is 14.5. The van der Waals surface area contributed by atoms with Crippen LogP contribution < -0.4 is 10.6 Å². The number of nitrogens with one attached hydrogen (secondary N) is 2. The molecule has 130 valence electrons. The van der Waals surface area contributed by atoms with E-state index in [9.17, 15) is 14.4 Å². The Morgan fingerprint density at radius 1 is 1.08 bits per heavy atom. The third-order valence-electron chi connectivity index (χ3n) is 3.84. The van der Waals surface area contributed by atoms with E-state index in [0.29, 0.717) is 17.8 Å². The molecule has 2 amide bonds. The Morgan fingerprint density at radius 3 is 2.48 bits per heavy atom. The number of carbonyl (C=O) groups is 3. The van der Waals surface area contributed by atoms with Gasteiger partial charge in [0.1, 0.15) is 5.41 Å². The molecular formula is C19H21N3O3. The summed E-state index contributed by atoms with van der Waals surface area (Å²) in [6.45, 7) is 4.85. The van der Waals surface area contributed by atoms with Crippen LogP contribution in [0.5, 0.6) is 0 Å². The molecule has 0 fully saturated rings. The Hall–Kier alpha value is -3.02. The van der Waals surface area contributed by atoms with Gasteiger partial charge in [0.15, 0.2) is 5.78 Å². The smallest absolute Gasteiger partial charge is 0.239 e. The molecule has 0 bridgehead atoms. The van der Waals surface area contributed by atoms with Gasteiger partial charge in [-0.1, -0.05) is 18.2 Å². The summed E-state index contributed by atoms with van der Waals surface area (Å²) >= 11 is 0. The molecule has 0 aliphatic heterocycles. The van der Waals surface area contributed by atoms with E-state index in [2.05, 4.69) is 15.6 Å². The average molecular weight is 339 g/mol. The SMILES string of the molecule is CC(=O)c1cccc(NC(=O)C(C)(C)C(=O)NCc2cccnc2)c1. The second-order valence-corrected chi connectivity index (χ2v) is 6.26. The second kappa shape index (κ2) is 7.70. The van der Waals surface area contributed by atoms with Gasteiger partial charge in [0, 0.05) is 30.2 Å². The van der Waals surface area contributed by atoms with E-state index in [-0.39, 0.29) is 5.78 Å². The summed E-state index contributed by atoms with van der Waals surface area (Å²) in [5.74, 6) is -0.932. The predicted molar refractivity (Wildman–Crippen MR) is 94.9 cm³/mol. The van der Waals surface area contributed by atoms with Crippen LogP contribution in [0.25, 0.3) is 0 Å². The van der Waals surface area contributed by atoms with E-state index in [0.717, 1.165) is 5.56 Å². The Kier molecular flexibility index (Phi) is 5.64. The number of nitrogens with zero attached hydrogens (tertiary/aromatic N) is 1. The molecule has 1 aromatic heterocycles. The maximum Gasteiger partial charge on any atom is 0.239 e. The normalized spacial score (nSPS) is 10.8.